The molecular weight excluding hydrogens is 314 g/mol. The van der Waals surface area contributed by atoms with Crippen LogP contribution in [0.4, 0.5) is 5.69 Å². The number of para-hydroxylation sites is 3. The molecule has 0 atom stereocenters. The van der Waals surface area contributed by atoms with Crippen molar-refractivity contribution in [3.8, 4) is 11.4 Å². The van der Waals surface area contributed by atoms with Crippen LogP contribution in [0.5, 0.6) is 5.75 Å². The minimum atomic E-state index is -0.218. The van der Waals surface area contributed by atoms with Gasteiger partial charge in [0.15, 0.2) is 5.69 Å². The van der Waals surface area contributed by atoms with Gasteiger partial charge in [-0.3, -0.25) is 9.36 Å². The molecule has 0 saturated carbocycles. The molecule has 0 spiro atoms. The lowest BCUT2D eigenvalue weighted by atomic mass is 10.0. The molecule has 0 radical (unpaired) electrons. The molecular formula is C20H19N3O2. The van der Waals surface area contributed by atoms with Gasteiger partial charge >= 0.3 is 0 Å². The van der Waals surface area contributed by atoms with Gasteiger partial charge in [-0.15, -0.1) is 0 Å². The number of ether oxygens (including phenoxy) is 1. The number of nitrogens with zero attached hydrogens (tertiary/aromatic N) is 2. The number of hydrogen-bond donors (Lipinski definition) is 1. The van der Waals surface area contributed by atoms with Crippen LogP contribution in [0.25, 0.3) is 5.69 Å². The summed E-state index contributed by atoms with van der Waals surface area (Å²) in [5.74, 6) is 0.900. The smallest absolute Gasteiger partial charge is 0.276 e. The Hall–Kier alpha value is -3.08. The fraction of sp³-hybridized carbons (Fsp3) is 0.200. The number of anilines is 1. The van der Waals surface area contributed by atoms with Crippen molar-refractivity contribution >= 4 is 11.6 Å². The normalized spacial score (nSPS) is 12.3. The van der Waals surface area contributed by atoms with Crippen molar-refractivity contribution in [2.75, 3.05) is 5.32 Å². The molecule has 1 N–H and O–H groups in total. The lowest BCUT2D eigenvalue weighted by molar-refractivity contribution is 0.101. The fourth-order valence-electron chi connectivity index (χ4n) is 3.13. The predicted molar refractivity (Wildman–Crippen MR) is 96.4 cm³/mol. The molecule has 126 valence electrons. The lowest BCUT2D eigenvalue weighted by Gasteiger charge is -2.20. The summed E-state index contributed by atoms with van der Waals surface area (Å²) < 4.78 is 7.69. The van der Waals surface area contributed by atoms with Crippen LogP contribution in [0.3, 0.4) is 0 Å². The van der Waals surface area contributed by atoms with Crippen LogP contribution in [0, 0.1) is 0 Å². The number of carbonyl (C=O) groups is 1. The van der Waals surface area contributed by atoms with Gasteiger partial charge < -0.3 is 10.1 Å². The Balaban J connectivity index is 1.67. The van der Waals surface area contributed by atoms with Crippen LogP contribution in [0.15, 0.2) is 54.9 Å². The van der Waals surface area contributed by atoms with Gasteiger partial charge in [-0.05, 0) is 29.7 Å². The van der Waals surface area contributed by atoms with Crippen molar-refractivity contribution in [2.24, 2.45) is 0 Å². The van der Waals surface area contributed by atoms with E-state index in [0.717, 1.165) is 28.4 Å². The zero-order chi connectivity index (χ0) is 17.4. The van der Waals surface area contributed by atoms with Crippen LogP contribution < -0.4 is 10.1 Å². The molecule has 1 aliphatic heterocycles. The average Bonchev–Trinajstić information content (AvgIpc) is 3.06. The standard InChI is InChI=1S/C20H19N3O2/c1-13(2)14-7-3-4-8-15(14)22-20(24)19-17-11-25-18-10-6-5-9-16(18)23(17)12-21-19/h3-10,12-13H,11H2,1-2H3,(H,22,24). The molecule has 25 heavy (non-hydrogen) atoms. The summed E-state index contributed by atoms with van der Waals surface area (Å²) in [5, 5.41) is 3.00. The van der Waals surface area contributed by atoms with Gasteiger partial charge in [0.25, 0.3) is 5.91 Å². The van der Waals surface area contributed by atoms with E-state index in [9.17, 15) is 4.79 Å². The number of carbonyl (C=O) groups excluding carboxylic acids is 1. The average molecular weight is 333 g/mol. The predicted octanol–water partition coefficient (Wildman–Crippen LogP) is 4.14. The summed E-state index contributed by atoms with van der Waals surface area (Å²) in [6.45, 7) is 4.54. The molecule has 5 nitrogen and oxygen atoms in total. The summed E-state index contributed by atoms with van der Waals surface area (Å²) >= 11 is 0. The second-order valence-electron chi connectivity index (χ2n) is 6.36. The van der Waals surface area contributed by atoms with E-state index in [0.29, 0.717) is 18.2 Å². The number of nitrogens with one attached hydrogen (secondary N) is 1. The summed E-state index contributed by atoms with van der Waals surface area (Å²) in [7, 11) is 0. The number of fused-ring (bicyclic) bond motifs is 3. The maximum Gasteiger partial charge on any atom is 0.276 e. The summed E-state index contributed by atoms with van der Waals surface area (Å²) in [6, 6.07) is 15.6. The Labute approximate surface area is 146 Å². The Morgan fingerprint density at radius 3 is 2.76 bits per heavy atom. The maximum absolute atomic E-state index is 12.8. The van der Waals surface area contributed by atoms with Crippen molar-refractivity contribution in [1.29, 1.82) is 0 Å². The SMILES string of the molecule is CC(C)c1ccccc1NC(=O)c1ncn2c1COc1ccccc1-2. The molecule has 0 aliphatic carbocycles. The largest absolute Gasteiger partial charge is 0.485 e. The molecule has 4 rings (SSSR count). The van der Waals surface area contributed by atoms with Crippen LogP contribution in [0.1, 0.15) is 41.5 Å². The van der Waals surface area contributed by atoms with Gasteiger partial charge in [-0.1, -0.05) is 44.2 Å². The highest BCUT2D eigenvalue weighted by Gasteiger charge is 2.24. The van der Waals surface area contributed by atoms with E-state index in [1.54, 1.807) is 6.33 Å². The molecule has 2 heterocycles. The zero-order valence-corrected chi connectivity index (χ0v) is 14.2. The molecule has 1 aromatic heterocycles. The number of aromatic nitrogens is 2. The molecule has 1 amide bonds. The van der Waals surface area contributed by atoms with Gasteiger partial charge in [0, 0.05) is 5.69 Å². The van der Waals surface area contributed by atoms with Crippen LogP contribution in [-0.2, 0) is 6.61 Å². The molecule has 1 aliphatic rings. The van der Waals surface area contributed by atoms with Gasteiger partial charge in [0.1, 0.15) is 18.7 Å². The van der Waals surface area contributed by atoms with E-state index < -0.39 is 0 Å². The van der Waals surface area contributed by atoms with Gasteiger partial charge in [0.05, 0.1) is 11.4 Å². The van der Waals surface area contributed by atoms with Crippen LogP contribution in [0.2, 0.25) is 0 Å². The molecule has 2 aromatic carbocycles. The molecule has 5 heteroatoms. The number of hydrogen-bond acceptors (Lipinski definition) is 3. The van der Waals surface area contributed by atoms with E-state index in [1.165, 1.54) is 0 Å². The van der Waals surface area contributed by atoms with Crippen LogP contribution in [-0.4, -0.2) is 15.5 Å². The van der Waals surface area contributed by atoms with E-state index >= 15 is 0 Å². The first-order valence-corrected chi connectivity index (χ1v) is 8.34. The second kappa shape index (κ2) is 6.09. The second-order valence-corrected chi connectivity index (χ2v) is 6.36. The Morgan fingerprint density at radius 1 is 1.16 bits per heavy atom. The maximum atomic E-state index is 12.8. The third kappa shape index (κ3) is 2.67. The highest BCUT2D eigenvalue weighted by Crippen LogP contribution is 2.31. The number of amides is 1. The molecule has 0 saturated heterocycles. The molecule has 0 bridgehead atoms. The van der Waals surface area contributed by atoms with E-state index in [-0.39, 0.29) is 5.91 Å². The quantitative estimate of drug-likeness (QED) is 0.784. The van der Waals surface area contributed by atoms with Gasteiger partial charge in [-0.25, -0.2) is 4.98 Å². The van der Waals surface area contributed by atoms with E-state index in [1.807, 2.05) is 53.1 Å². The highest BCUT2D eigenvalue weighted by atomic mass is 16.5. The Kier molecular flexibility index (Phi) is 3.76. The Morgan fingerprint density at radius 2 is 1.92 bits per heavy atom. The first kappa shape index (κ1) is 15.4. The highest BCUT2D eigenvalue weighted by molar-refractivity contribution is 6.04. The summed E-state index contributed by atoms with van der Waals surface area (Å²) in [4.78, 5) is 17.1. The van der Waals surface area contributed by atoms with Crippen molar-refractivity contribution in [1.82, 2.24) is 9.55 Å². The van der Waals surface area contributed by atoms with Crippen molar-refractivity contribution < 1.29 is 9.53 Å². The zero-order valence-electron chi connectivity index (χ0n) is 14.2. The van der Waals surface area contributed by atoms with Crippen molar-refractivity contribution in [3.63, 3.8) is 0 Å². The lowest BCUT2D eigenvalue weighted by Crippen LogP contribution is -2.19. The van der Waals surface area contributed by atoms with Gasteiger partial charge in [-0.2, -0.15) is 0 Å². The van der Waals surface area contributed by atoms with Crippen molar-refractivity contribution in [2.45, 2.75) is 26.4 Å². The monoisotopic (exact) mass is 333 g/mol. The van der Waals surface area contributed by atoms with E-state index in [4.69, 9.17) is 4.74 Å². The van der Waals surface area contributed by atoms with Crippen LogP contribution >= 0.6 is 0 Å². The van der Waals surface area contributed by atoms with Gasteiger partial charge in [0.2, 0.25) is 0 Å². The summed E-state index contributed by atoms with van der Waals surface area (Å²) in [6.07, 6.45) is 1.68. The third-order valence-electron chi connectivity index (χ3n) is 4.40. The fourth-order valence-corrected chi connectivity index (χ4v) is 3.13. The first-order valence-electron chi connectivity index (χ1n) is 8.34. The molecule has 3 aromatic rings. The third-order valence-corrected chi connectivity index (χ3v) is 4.40. The number of imidazole rings is 1. The molecule has 0 fully saturated rings. The Bertz CT molecular complexity index is 944. The minimum Gasteiger partial charge on any atom is -0.485 e. The topological polar surface area (TPSA) is 56.2 Å². The number of rotatable bonds is 3. The molecule has 0 unspecified atom stereocenters. The first-order chi connectivity index (χ1) is 12.1. The van der Waals surface area contributed by atoms with E-state index in [2.05, 4.69) is 24.1 Å². The van der Waals surface area contributed by atoms with Crippen molar-refractivity contribution in [3.05, 3.63) is 71.8 Å². The summed E-state index contributed by atoms with van der Waals surface area (Å²) in [5.41, 5.74) is 3.98. The minimum absolute atomic E-state index is 0.218. The number of benzene rings is 2.